The first-order valence-corrected chi connectivity index (χ1v) is 8.95. The first-order valence-electron chi connectivity index (χ1n) is 8.95. The summed E-state index contributed by atoms with van der Waals surface area (Å²) in [5, 5.41) is 17.0. The van der Waals surface area contributed by atoms with Crippen LogP contribution in [0.5, 0.6) is 5.75 Å². The second kappa shape index (κ2) is 6.92. The van der Waals surface area contributed by atoms with E-state index in [0.29, 0.717) is 31.0 Å². The van der Waals surface area contributed by atoms with Gasteiger partial charge in [0.2, 0.25) is 5.95 Å². The largest absolute Gasteiger partial charge is 0.496 e. The van der Waals surface area contributed by atoms with Gasteiger partial charge >= 0.3 is 0 Å². The van der Waals surface area contributed by atoms with Gasteiger partial charge in [0.15, 0.2) is 11.6 Å². The van der Waals surface area contributed by atoms with Gasteiger partial charge < -0.3 is 15.2 Å². The van der Waals surface area contributed by atoms with Crippen molar-refractivity contribution >= 4 is 11.7 Å². The summed E-state index contributed by atoms with van der Waals surface area (Å²) in [6.07, 6.45) is 3.41. The molecule has 0 saturated carbocycles. The minimum atomic E-state index is -0.347. The topological polar surface area (TPSA) is 89.3 Å². The van der Waals surface area contributed by atoms with E-state index in [0.717, 1.165) is 35.4 Å². The summed E-state index contributed by atoms with van der Waals surface area (Å²) in [5.41, 5.74) is 2.59. The quantitative estimate of drug-likeness (QED) is 0.856. The lowest BCUT2D eigenvalue weighted by molar-refractivity contribution is -0.116. The zero-order chi connectivity index (χ0) is 18.1. The number of aryl methyl sites for hydroxylation is 1. The summed E-state index contributed by atoms with van der Waals surface area (Å²) < 4.78 is 7.34. The summed E-state index contributed by atoms with van der Waals surface area (Å²) in [7, 11) is 1.63. The molecule has 2 N–H and O–H groups in total. The van der Waals surface area contributed by atoms with E-state index in [9.17, 15) is 4.79 Å². The third-order valence-electron chi connectivity index (χ3n) is 4.90. The van der Waals surface area contributed by atoms with Crippen molar-refractivity contribution in [2.24, 2.45) is 0 Å². The molecule has 0 spiro atoms. The van der Waals surface area contributed by atoms with Gasteiger partial charge in [-0.25, -0.2) is 4.68 Å². The fourth-order valence-electron chi connectivity index (χ4n) is 3.72. The number of nitrogens with one attached hydrogen (secondary N) is 1. The molecular formula is C19H22N4O3. The van der Waals surface area contributed by atoms with E-state index in [1.165, 1.54) is 0 Å². The highest BCUT2D eigenvalue weighted by molar-refractivity contribution is 5.99. The SMILES string of the molecule is COc1ccccc1C1C2=C(CCCC2=O)Nc2nc(CCCO)nn21. The number of benzene rings is 1. The molecule has 2 aliphatic rings. The van der Waals surface area contributed by atoms with Crippen molar-refractivity contribution in [2.45, 2.75) is 38.1 Å². The summed E-state index contributed by atoms with van der Waals surface area (Å²) in [4.78, 5) is 17.3. The number of para-hydroxylation sites is 1. The highest BCUT2D eigenvalue weighted by Gasteiger charge is 2.37. The summed E-state index contributed by atoms with van der Waals surface area (Å²) >= 11 is 0. The molecule has 0 radical (unpaired) electrons. The standard InChI is InChI=1S/C19H22N4O3/c1-26-15-9-3-2-6-12(15)18-17-13(7-4-8-14(17)25)20-19-21-16(10-5-11-24)22-23(18)19/h2-3,6,9,18,24H,4-5,7-8,10-11H2,1H3,(H,20,21,22). The Morgan fingerprint density at radius 2 is 2.19 bits per heavy atom. The number of carbonyl (C=O) groups excluding carboxylic acids is 1. The first-order chi connectivity index (χ1) is 12.7. The normalized spacial score (nSPS) is 19.0. The lowest BCUT2D eigenvalue weighted by Crippen LogP contribution is -2.31. The molecule has 1 unspecified atom stereocenters. The van der Waals surface area contributed by atoms with Crippen molar-refractivity contribution in [2.75, 3.05) is 19.0 Å². The van der Waals surface area contributed by atoms with Crippen molar-refractivity contribution in [1.82, 2.24) is 14.8 Å². The van der Waals surface area contributed by atoms with Crippen molar-refractivity contribution in [3.05, 3.63) is 46.9 Å². The Kier molecular flexibility index (Phi) is 4.46. The zero-order valence-corrected chi connectivity index (χ0v) is 14.7. The van der Waals surface area contributed by atoms with Gasteiger partial charge in [0.1, 0.15) is 11.8 Å². The van der Waals surface area contributed by atoms with Crippen LogP contribution in [0.15, 0.2) is 35.5 Å². The van der Waals surface area contributed by atoms with Crippen LogP contribution in [0.1, 0.15) is 43.1 Å². The molecule has 7 nitrogen and oxygen atoms in total. The number of aromatic nitrogens is 3. The second-order valence-electron chi connectivity index (χ2n) is 6.56. The minimum absolute atomic E-state index is 0.0977. The number of fused-ring (bicyclic) bond motifs is 1. The average Bonchev–Trinajstić information content (AvgIpc) is 3.07. The van der Waals surface area contributed by atoms with Gasteiger partial charge in [-0.15, -0.1) is 0 Å². The van der Waals surface area contributed by atoms with Gasteiger partial charge in [-0.1, -0.05) is 18.2 Å². The Hall–Kier alpha value is -2.67. The number of methoxy groups -OCH3 is 1. The fraction of sp³-hybridized carbons (Fsp3) is 0.421. The Labute approximate surface area is 151 Å². The number of ketones is 1. The summed E-state index contributed by atoms with van der Waals surface area (Å²) in [6.45, 7) is 0.0977. The Morgan fingerprint density at radius 1 is 1.35 bits per heavy atom. The van der Waals surface area contributed by atoms with Crippen LogP contribution in [0.25, 0.3) is 0 Å². The molecule has 4 rings (SSSR count). The van der Waals surface area contributed by atoms with Crippen LogP contribution >= 0.6 is 0 Å². The summed E-state index contributed by atoms with van der Waals surface area (Å²) in [5.74, 6) is 2.17. The van der Waals surface area contributed by atoms with Crippen LogP contribution in [-0.2, 0) is 11.2 Å². The third-order valence-corrected chi connectivity index (χ3v) is 4.90. The maximum atomic E-state index is 12.8. The van der Waals surface area contributed by atoms with Crippen LogP contribution in [-0.4, -0.2) is 39.4 Å². The Bertz CT molecular complexity index is 871. The van der Waals surface area contributed by atoms with Gasteiger partial charge in [0.25, 0.3) is 0 Å². The molecule has 1 aliphatic carbocycles. The minimum Gasteiger partial charge on any atom is -0.496 e. The maximum absolute atomic E-state index is 12.8. The number of allylic oxidation sites excluding steroid dienone is 2. The molecule has 0 fully saturated rings. The number of ether oxygens (including phenoxy) is 1. The fourth-order valence-corrected chi connectivity index (χ4v) is 3.72. The van der Waals surface area contributed by atoms with E-state index in [1.807, 2.05) is 24.3 Å². The monoisotopic (exact) mass is 354 g/mol. The molecule has 1 aliphatic heterocycles. The molecule has 2 aromatic rings. The lowest BCUT2D eigenvalue weighted by Gasteiger charge is -2.32. The molecule has 2 heterocycles. The molecular weight excluding hydrogens is 332 g/mol. The first kappa shape index (κ1) is 16.8. The van der Waals surface area contributed by atoms with Crippen LogP contribution in [0, 0.1) is 0 Å². The van der Waals surface area contributed by atoms with E-state index in [-0.39, 0.29) is 18.4 Å². The van der Waals surface area contributed by atoms with Crippen molar-refractivity contribution < 1.29 is 14.6 Å². The molecule has 1 aromatic carbocycles. The van der Waals surface area contributed by atoms with Crippen LogP contribution in [0.2, 0.25) is 0 Å². The maximum Gasteiger partial charge on any atom is 0.226 e. The van der Waals surface area contributed by atoms with Gasteiger partial charge in [0.05, 0.1) is 7.11 Å². The van der Waals surface area contributed by atoms with Crippen LogP contribution in [0.4, 0.5) is 5.95 Å². The van der Waals surface area contributed by atoms with Crippen molar-refractivity contribution in [1.29, 1.82) is 0 Å². The number of hydrogen-bond donors (Lipinski definition) is 2. The molecule has 7 heteroatoms. The van der Waals surface area contributed by atoms with Gasteiger partial charge in [-0.05, 0) is 25.3 Å². The molecule has 0 saturated heterocycles. The highest BCUT2D eigenvalue weighted by atomic mass is 16.5. The summed E-state index contributed by atoms with van der Waals surface area (Å²) in [6, 6.07) is 7.38. The number of anilines is 1. The lowest BCUT2D eigenvalue weighted by atomic mass is 9.85. The van der Waals surface area contributed by atoms with E-state index in [2.05, 4.69) is 15.4 Å². The van der Waals surface area contributed by atoms with Crippen LogP contribution in [0.3, 0.4) is 0 Å². The van der Waals surface area contributed by atoms with Crippen molar-refractivity contribution in [3.63, 3.8) is 0 Å². The van der Waals surface area contributed by atoms with Gasteiger partial charge in [-0.3, -0.25) is 4.79 Å². The Morgan fingerprint density at radius 3 is 3.00 bits per heavy atom. The predicted molar refractivity (Wildman–Crippen MR) is 96.1 cm³/mol. The molecule has 26 heavy (non-hydrogen) atoms. The number of Topliss-reactive ketones (excluding diaryl/α,β-unsaturated/α-hetero) is 1. The van der Waals surface area contributed by atoms with Gasteiger partial charge in [0, 0.05) is 36.3 Å². The average molecular weight is 354 g/mol. The highest BCUT2D eigenvalue weighted by Crippen LogP contribution is 2.42. The van der Waals surface area contributed by atoms with E-state index in [1.54, 1.807) is 11.8 Å². The molecule has 0 amide bonds. The smallest absolute Gasteiger partial charge is 0.226 e. The van der Waals surface area contributed by atoms with Crippen LogP contribution < -0.4 is 10.1 Å². The number of hydrogen-bond acceptors (Lipinski definition) is 6. The molecule has 0 bridgehead atoms. The number of aliphatic hydroxyl groups is 1. The van der Waals surface area contributed by atoms with E-state index < -0.39 is 0 Å². The second-order valence-corrected chi connectivity index (χ2v) is 6.56. The molecule has 1 aromatic heterocycles. The third kappa shape index (κ3) is 2.78. The Balaban J connectivity index is 1.86. The van der Waals surface area contributed by atoms with Crippen molar-refractivity contribution in [3.8, 4) is 5.75 Å². The number of aliphatic hydroxyl groups excluding tert-OH is 1. The number of carbonyl (C=O) groups is 1. The van der Waals surface area contributed by atoms with E-state index >= 15 is 0 Å². The molecule has 136 valence electrons. The predicted octanol–water partition coefficient (Wildman–Crippen LogP) is 2.23. The molecule has 1 atom stereocenters. The number of rotatable bonds is 5. The van der Waals surface area contributed by atoms with Gasteiger partial charge in [-0.2, -0.15) is 10.1 Å². The zero-order valence-electron chi connectivity index (χ0n) is 14.7. The number of nitrogens with zero attached hydrogens (tertiary/aromatic N) is 3. The van der Waals surface area contributed by atoms with E-state index in [4.69, 9.17) is 9.84 Å².